The van der Waals surface area contributed by atoms with Gasteiger partial charge in [-0.05, 0) is 36.0 Å². The number of aliphatic imine (C=N–C) groups is 1. The lowest BCUT2D eigenvalue weighted by Crippen LogP contribution is -2.40. The molecule has 0 aromatic heterocycles. The number of hydrogen-bond donors (Lipinski definition) is 2. The van der Waals surface area contributed by atoms with Crippen LogP contribution in [0.1, 0.15) is 5.56 Å². The zero-order chi connectivity index (χ0) is 12.4. The number of nitrogens with zero attached hydrogens (tertiary/aromatic N) is 1. The Morgan fingerprint density at radius 3 is 2.59 bits per heavy atom. The number of hydrogen-bond acceptors (Lipinski definition) is 3. The molecule has 1 aliphatic heterocycles. The van der Waals surface area contributed by atoms with Crippen molar-refractivity contribution in [2.24, 2.45) is 10.7 Å². The summed E-state index contributed by atoms with van der Waals surface area (Å²) in [6.07, 6.45) is 1.67. The van der Waals surface area contributed by atoms with E-state index in [0.29, 0.717) is 5.57 Å². The Kier molecular flexibility index (Phi) is 3.35. The molecular formula is C11H8BrN3OS. The molecular weight excluding hydrogens is 302 g/mol. The van der Waals surface area contributed by atoms with Gasteiger partial charge in [-0.15, -0.1) is 0 Å². The third-order valence-corrected chi connectivity index (χ3v) is 2.87. The summed E-state index contributed by atoms with van der Waals surface area (Å²) in [5.74, 6) is -0.188. The summed E-state index contributed by atoms with van der Waals surface area (Å²) in [7, 11) is 0. The number of amidine groups is 1. The molecule has 1 amide bonds. The van der Waals surface area contributed by atoms with Gasteiger partial charge in [0.1, 0.15) is 5.84 Å². The van der Waals surface area contributed by atoms with Crippen molar-refractivity contribution in [2.75, 3.05) is 0 Å². The molecule has 4 nitrogen and oxygen atoms in total. The fourth-order valence-electron chi connectivity index (χ4n) is 1.34. The van der Waals surface area contributed by atoms with E-state index in [9.17, 15) is 4.79 Å². The van der Waals surface area contributed by atoms with Gasteiger partial charge in [0.05, 0.1) is 5.57 Å². The molecule has 0 radical (unpaired) electrons. The van der Waals surface area contributed by atoms with Crippen LogP contribution >= 0.6 is 28.1 Å². The number of nitrogens with two attached hydrogens (primary N) is 1. The average molecular weight is 310 g/mol. The molecule has 0 fully saturated rings. The van der Waals surface area contributed by atoms with Gasteiger partial charge in [-0.25, -0.2) is 4.99 Å². The lowest BCUT2D eigenvalue weighted by Gasteiger charge is -2.13. The normalized spacial score (nSPS) is 17.9. The van der Waals surface area contributed by atoms with Gasteiger partial charge < -0.3 is 5.73 Å². The molecule has 0 spiro atoms. The second-order valence-electron chi connectivity index (χ2n) is 3.37. The largest absolute Gasteiger partial charge is 0.383 e. The van der Waals surface area contributed by atoms with Crippen LogP contribution < -0.4 is 11.1 Å². The highest BCUT2D eigenvalue weighted by Crippen LogP contribution is 2.14. The molecule has 17 heavy (non-hydrogen) atoms. The second-order valence-corrected chi connectivity index (χ2v) is 4.67. The quantitative estimate of drug-likeness (QED) is 0.612. The fourth-order valence-corrected chi connectivity index (χ4v) is 1.80. The summed E-state index contributed by atoms with van der Waals surface area (Å²) < 4.78 is 0.968. The Hall–Kier alpha value is -1.53. The summed E-state index contributed by atoms with van der Waals surface area (Å²) in [4.78, 5) is 15.5. The van der Waals surface area contributed by atoms with Crippen LogP contribution in [0.4, 0.5) is 0 Å². The molecule has 3 N–H and O–H groups in total. The first-order valence-electron chi connectivity index (χ1n) is 4.73. The van der Waals surface area contributed by atoms with E-state index >= 15 is 0 Å². The Morgan fingerprint density at radius 2 is 2.00 bits per heavy atom. The third-order valence-electron chi connectivity index (χ3n) is 2.14. The molecule has 0 aliphatic carbocycles. The number of nitrogens with one attached hydrogen (secondary N) is 1. The summed E-state index contributed by atoms with van der Waals surface area (Å²) in [6, 6.07) is 7.49. The van der Waals surface area contributed by atoms with Crippen LogP contribution in [0.15, 0.2) is 39.3 Å². The van der Waals surface area contributed by atoms with Gasteiger partial charge in [-0.2, -0.15) is 0 Å². The maximum atomic E-state index is 11.6. The minimum Gasteiger partial charge on any atom is -0.383 e. The maximum Gasteiger partial charge on any atom is 0.261 e. The van der Waals surface area contributed by atoms with Gasteiger partial charge in [0, 0.05) is 4.47 Å². The van der Waals surface area contributed by atoms with Crippen molar-refractivity contribution in [2.45, 2.75) is 0 Å². The predicted octanol–water partition coefficient (Wildman–Crippen LogP) is 1.60. The van der Waals surface area contributed by atoms with E-state index in [1.165, 1.54) is 0 Å². The van der Waals surface area contributed by atoms with Gasteiger partial charge >= 0.3 is 0 Å². The molecule has 0 bridgehead atoms. The van der Waals surface area contributed by atoms with Crippen molar-refractivity contribution >= 4 is 51.1 Å². The van der Waals surface area contributed by atoms with Crippen molar-refractivity contribution in [1.82, 2.24) is 5.32 Å². The highest BCUT2D eigenvalue weighted by atomic mass is 79.9. The Bertz CT molecular complexity index is 548. The van der Waals surface area contributed by atoms with Gasteiger partial charge in [0.25, 0.3) is 5.91 Å². The third kappa shape index (κ3) is 2.78. The standard InChI is InChI=1S/C11H8BrN3OS/c12-7-3-1-6(2-4-7)5-8-9(13)14-11(17)15-10(8)16/h1-5H,(H3,13,14,15,16,17)/b8-5+. The number of rotatable bonds is 1. The van der Waals surface area contributed by atoms with Crippen molar-refractivity contribution < 1.29 is 4.79 Å². The summed E-state index contributed by atoms with van der Waals surface area (Å²) in [6.45, 7) is 0. The van der Waals surface area contributed by atoms with E-state index in [1.807, 2.05) is 24.3 Å². The van der Waals surface area contributed by atoms with Crippen molar-refractivity contribution in [3.63, 3.8) is 0 Å². The number of halogens is 1. The molecule has 6 heteroatoms. The number of amides is 1. The van der Waals surface area contributed by atoms with Crippen LogP contribution in [0.3, 0.4) is 0 Å². The molecule has 0 unspecified atom stereocenters. The highest BCUT2D eigenvalue weighted by Gasteiger charge is 2.20. The molecule has 86 valence electrons. The summed E-state index contributed by atoms with van der Waals surface area (Å²) in [5.41, 5.74) is 6.85. The van der Waals surface area contributed by atoms with E-state index < -0.39 is 0 Å². The van der Waals surface area contributed by atoms with Crippen molar-refractivity contribution in [3.8, 4) is 0 Å². The van der Waals surface area contributed by atoms with Gasteiger partial charge in [-0.3, -0.25) is 10.1 Å². The van der Waals surface area contributed by atoms with Gasteiger partial charge in [-0.1, -0.05) is 28.1 Å². The van der Waals surface area contributed by atoms with Crippen LogP contribution in [-0.4, -0.2) is 16.9 Å². The Balaban J connectivity index is 2.39. The van der Waals surface area contributed by atoms with Crippen molar-refractivity contribution in [3.05, 3.63) is 39.9 Å². The zero-order valence-corrected chi connectivity index (χ0v) is 11.0. The first kappa shape index (κ1) is 11.9. The minimum atomic E-state index is -0.328. The maximum absolute atomic E-state index is 11.6. The Morgan fingerprint density at radius 1 is 1.35 bits per heavy atom. The van der Waals surface area contributed by atoms with Crippen LogP contribution in [0.5, 0.6) is 0 Å². The molecule has 1 aromatic carbocycles. The number of thiocarbonyl (C=S) groups is 1. The van der Waals surface area contributed by atoms with Gasteiger partial charge in [0.15, 0.2) is 0 Å². The second kappa shape index (κ2) is 4.77. The molecule has 0 saturated heterocycles. The summed E-state index contributed by atoms with van der Waals surface area (Å²) in [5, 5.41) is 2.54. The molecule has 0 atom stereocenters. The number of carbonyl (C=O) groups is 1. The molecule has 0 saturated carbocycles. The van der Waals surface area contributed by atoms with E-state index in [0.717, 1.165) is 10.0 Å². The van der Waals surface area contributed by atoms with E-state index in [1.54, 1.807) is 6.08 Å². The Labute approximate surface area is 112 Å². The predicted molar refractivity (Wildman–Crippen MR) is 74.5 cm³/mol. The molecule has 1 aromatic rings. The van der Waals surface area contributed by atoms with Crippen LogP contribution in [0.25, 0.3) is 6.08 Å². The molecule has 1 heterocycles. The molecule has 2 rings (SSSR count). The SMILES string of the molecule is NC1=NC(=S)NC(=O)/C1=C/c1ccc(Br)cc1. The first-order valence-corrected chi connectivity index (χ1v) is 5.93. The zero-order valence-electron chi connectivity index (χ0n) is 8.61. The van der Waals surface area contributed by atoms with Crippen LogP contribution in [0, 0.1) is 0 Å². The smallest absolute Gasteiger partial charge is 0.261 e. The van der Waals surface area contributed by atoms with E-state index in [2.05, 4.69) is 26.2 Å². The number of carbonyl (C=O) groups excluding carboxylic acids is 1. The fraction of sp³-hybridized carbons (Fsp3) is 0. The topological polar surface area (TPSA) is 67.5 Å². The lowest BCUT2D eigenvalue weighted by molar-refractivity contribution is -0.115. The monoisotopic (exact) mass is 309 g/mol. The number of benzene rings is 1. The van der Waals surface area contributed by atoms with Crippen LogP contribution in [0.2, 0.25) is 0 Å². The highest BCUT2D eigenvalue weighted by molar-refractivity contribution is 9.10. The van der Waals surface area contributed by atoms with Crippen LogP contribution in [-0.2, 0) is 4.79 Å². The lowest BCUT2D eigenvalue weighted by atomic mass is 10.1. The minimum absolute atomic E-state index is 0.0976. The van der Waals surface area contributed by atoms with E-state index in [4.69, 9.17) is 18.0 Å². The van der Waals surface area contributed by atoms with E-state index in [-0.39, 0.29) is 16.9 Å². The molecule has 1 aliphatic rings. The summed E-state index contributed by atoms with van der Waals surface area (Å²) >= 11 is 8.10. The average Bonchev–Trinajstić information content (AvgIpc) is 2.26. The first-order chi connectivity index (χ1) is 8.06. The van der Waals surface area contributed by atoms with Gasteiger partial charge in [0.2, 0.25) is 5.11 Å². The van der Waals surface area contributed by atoms with Crippen molar-refractivity contribution in [1.29, 1.82) is 0 Å².